The van der Waals surface area contributed by atoms with Crippen LogP contribution in [0.5, 0.6) is 11.5 Å². The summed E-state index contributed by atoms with van der Waals surface area (Å²) in [5.41, 5.74) is 3.93. The largest absolute Gasteiger partial charge is 0.493 e. The second-order valence-corrected chi connectivity index (χ2v) is 13.3. The molecule has 0 aliphatic rings. The number of carbonyl (C=O) groups is 2. The standard InChI is InChI=1S/C34H45N3O6S/c1-9-30(34(39)35-20-23(2)3)36(21-27-12-10-24(4)11-13-27)33(38)22-37(28-17-25(5)16-26(6)18-28)44(40,41)29-14-15-31(42-7)32(19-29)43-8/h10-19,23,30H,9,20-22H2,1-8H3,(H,35,39)/t30-/m1/s1. The summed E-state index contributed by atoms with van der Waals surface area (Å²) in [5.74, 6) is 0.0733. The molecule has 1 N–H and O–H groups in total. The van der Waals surface area contributed by atoms with Gasteiger partial charge in [-0.15, -0.1) is 0 Å². The molecule has 9 nitrogen and oxygen atoms in total. The number of aryl methyl sites for hydroxylation is 3. The number of rotatable bonds is 14. The van der Waals surface area contributed by atoms with Crippen LogP contribution in [0.3, 0.4) is 0 Å². The molecule has 0 radical (unpaired) electrons. The molecule has 3 aromatic carbocycles. The summed E-state index contributed by atoms with van der Waals surface area (Å²) in [6, 6.07) is 16.6. The monoisotopic (exact) mass is 623 g/mol. The van der Waals surface area contributed by atoms with Gasteiger partial charge >= 0.3 is 0 Å². The van der Waals surface area contributed by atoms with E-state index in [0.717, 1.165) is 26.6 Å². The lowest BCUT2D eigenvalue weighted by atomic mass is 10.1. The minimum absolute atomic E-state index is 0.0612. The maximum atomic E-state index is 14.3. The summed E-state index contributed by atoms with van der Waals surface area (Å²) in [5, 5.41) is 2.95. The number of benzene rings is 3. The number of methoxy groups -OCH3 is 2. The van der Waals surface area contributed by atoms with Crippen molar-refractivity contribution in [3.63, 3.8) is 0 Å². The Morgan fingerprint density at radius 2 is 1.45 bits per heavy atom. The van der Waals surface area contributed by atoms with E-state index in [9.17, 15) is 18.0 Å². The van der Waals surface area contributed by atoms with E-state index in [0.29, 0.717) is 24.4 Å². The van der Waals surface area contributed by atoms with Crippen molar-refractivity contribution in [3.05, 3.63) is 82.9 Å². The second kappa shape index (κ2) is 15.1. The zero-order valence-corrected chi connectivity index (χ0v) is 27.8. The van der Waals surface area contributed by atoms with Gasteiger partial charge in [-0.05, 0) is 74.1 Å². The molecule has 3 rings (SSSR count). The molecule has 238 valence electrons. The van der Waals surface area contributed by atoms with Crippen LogP contribution >= 0.6 is 0 Å². The highest BCUT2D eigenvalue weighted by molar-refractivity contribution is 7.92. The zero-order valence-electron chi connectivity index (χ0n) is 27.0. The molecular formula is C34H45N3O6S. The topological polar surface area (TPSA) is 105 Å². The van der Waals surface area contributed by atoms with Crippen molar-refractivity contribution in [2.45, 2.75) is 65.4 Å². The number of nitrogens with zero attached hydrogens (tertiary/aromatic N) is 2. The molecule has 0 saturated heterocycles. The molecular weight excluding hydrogens is 578 g/mol. The van der Waals surface area contributed by atoms with Gasteiger partial charge in [-0.2, -0.15) is 0 Å². The van der Waals surface area contributed by atoms with E-state index in [1.54, 1.807) is 12.1 Å². The SMILES string of the molecule is CC[C@H](C(=O)NCC(C)C)N(Cc1ccc(C)cc1)C(=O)CN(c1cc(C)cc(C)c1)S(=O)(=O)c1ccc(OC)c(OC)c1. The first-order valence-electron chi connectivity index (χ1n) is 14.8. The van der Waals surface area contributed by atoms with Gasteiger partial charge in [-0.3, -0.25) is 13.9 Å². The smallest absolute Gasteiger partial charge is 0.264 e. The van der Waals surface area contributed by atoms with Gasteiger partial charge in [0.05, 0.1) is 24.8 Å². The third kappa shape index (κ3) is 8.53. The average molecular weight is 624 g/mol. The van der Waals surface area contributed by atoms with E-state index in [-0.39, 0.29) is 29.0 Å². The lowest BCUT2D eigenvalue weighted by Gasteiger charge is -2.33. The fourth-order valence-electron chi connectivity index (χ4n) is 4.96. The number of hydrogen-bond donors (Lipinski definition) is 1. The number of sulfonamides is 1. The van der Waals surface area contributed by atoms with E-state index in [4.69, 9.17) is 9.47 Å². The van der Waals surface area contributed by atoms with Gasteiger partial charge in [-0.25, -0.2) is 8.42 Å². The molecule has 44 heavy (non-hydrogen) atoms. The Labute approximate surface area is 262 Å². The van der Waals surface area contributed by atoms with E-state index in [1.165, 1.54) is 37.3 Å². The van der Waals surface area contributed by atoms with Crippen molar-refractivity contribution in [3.8, 4) is 11.5 Å². The van der Waals surface area contributed by atoms with Crippen LogP contribution in [0, 0.1) is 26.7 Å². The Balaban J connectivity index is 2.12. The Morgan fingerprint density at radius 3 is 2.00 bits per heavy atom. The third-order valence-electron chi connectivity index (χ3n) is 7.26. The van der Waals surface area contributed by atoms with Gasteiger partial charge in [0, 0.05) is 19.2 Å². The second-order valence-electron chi connectivity index (χ2n) is 11.4. The molecule has 0 fully saturated rings. The van der Waals surface area contributed by atoms with E-state index in [2.05, 4.69) is 5.32 Å². The fraction of sp³-hybridized carbons (Fsp3) is 0.412. The molecule has 3 aromatic rings. The average Bonchev–Trinajstić information content (AvgIpc) is 2.98. The van der Waals surface area contributed by atoms with Gasteiger partial charge in [0.1, 0.15) is 12.6 Å². The lowest BCUT2D eigenvalue weighted by molar-refractivity contribution is -0.140. The van der Waals surface area contributed by atoms with Gasteiger partial charge in [-0.1, -0.05) is 56.7 Å². The fourth-order valence-corrected chi connectivity index (χ4v) is 6.37. The van der Waals surface area contributed by atoms with Crippen LogP contribution < -0.4 is 19.1 Å². The molecule has 2 amide bonds. The molecule has 0 bridgehead atoms. The number of anilines is 1. The predicted octanol–water partition coefficient (Wildman–Crippen LogP) is 5.40. The Bertz CT molecular complexity index is 1530. The Kier molecular flexibility index (Phi) is 11.8. The lowest BCUT2D eigenvalue weighted by Crippen LogP contribution is -2.52. The van der Waals surface area contributed by atoms with Crippen molar-refractivity contribution in [2.24, 2.45) is 5.92 Å². The minimum Gasteiger partial charge on any atom is -0.493 e. The first-order chi connectivity index (χ1) is 20.8. The van der Waals surface area contributed by atoms with E-state index < -0.39 is 28.5 Å². The quantitative estimate of drug-likeness (QED) is 0.258. The normalized spacial score (nSPS) is 12.0. The molecule has 10 heteroatoms. The Hall–Kier alpha value is -4.05. The van der Waals surface area contributed by atoms with Crippen molar-refractivity contribution in [2.75, 3.05) is 31.6 Å². The van der Waals surface area contributed by atoms with Gasteiger partial charge in [0.25, 0.3) is 10.0 Å². The van der Waals surface area contributed by atoms with Crippen LogP contribution in [0.2, 0.25) is 0 Å². The zero-order chi connectivity index (χ0) is 32.6. The van der Waals surface area contributed by atoms with E-state index >= 15 is 0 Å². The van der Waals surface area contributed by atoms with Gasteiger partial charge < -0.3 is 19.7 Å². The minimum atomic E-state index is -4.28. The third-order valence-corrected chi connectivity index (χ3v) is 9.03. The highest BCUT2D eigenvalue weighted by atomic mass is 32.2. The summed E-state index contributed by atoms with van der Waals surface area (Å²) in [4.78, 5) is 29.1. The van der Waals surface area contributed by atoms with E-state index in [1.807, 2.05) is 71.9 Å². The van der Waals surface area contributed by atoms with Gasteiger partial charge in [0.2, 0.25) is 11.8 Å². The molecule has 0 spiro atoms. The maximum Gasteiger partial charge on any atom is 0.264 e. The summed E-state index contributed by atoms with van der Waals surface area (Å²) in [7, 11) is -1.38. The van der Waals surface area contributed by atoms with Crippen LogP contribution in [0.4, 0.5) is 5.69 Å². The van der Waals surface area contributed by atoms with Crippen molar-refractivity contribution in [1.29, 1.82) is 0 Å². The molecule has 0 aliphatic carbocycles. The van der Waals surface area contributed by atoms with Crippen molar-refractivity contribution < 1.29 is 27.5 Å². The Morgan fingerprint density at radius 1 is 0.841 bits per heavy atom. The van der Waals surface area contributed by atoms with Crippen LogP contribution in [0.25, 0.3) is 0 Å². The van der Waals surface area contributed by atoms with Crippen LogP contribution in [0.1, 0.15) is 49.4 Å². The molecule has 0 unspecified atom stereocenters. The van der Waals surface area contributed by atoms with Crippen LogP contribution in [0.15, 0.2) is 65.6 Å². The summed E-state index contributed by atoms with van der Waals surface area (Å²) < 4.78 is 40.4. The summed E-state index contributed by atoms with van der Waals surface area (Å²) >= 11 is 0. The van der Waals surface area contributed by atoms with Crippen molar-refractivity contribution in [1.82, 2.24) is 10.2 Å². The van der Waals surface area contributed by atoms with Gasteiger partial charge in [0.15, 0.2) is 11.5 Å². The molecule has 0 aromatic heterocycles. The maximum absolute atomic E-state index is 14.3. The number of nitrogens with one attached hydrogen (secondary N) is 1. The molecule has 0 heterocycles. The summed E-state index contributed by atoms with van der Waals surface area (Å²) in [6.07, 6.45) is 0.355. The summed E-state index contributed by atoms with van der Waals surface area (Å²) in [6.45, 7) is 11.6. The van der Waals surface area contributed by atoms with Crippen LogP contribution in [-0.4, -0.2) is 58.5 Å². The number of ether oxygens (including phenoxy) is 2. The highest BCUT2D eigenvalue weighted by Gasteiger charge is 2.34. The number of hydrogen-bond acceptors (Lipinski definition) is 6. The van der Waals surface area contributed by atoms with Crippen molar-refractivity contribution >= 4 is 27.5 Å². The number of carbonyl (C=O) groups excluding carboxylic acids is 2. The molecule has 0 aliphatic heterocycles. The van der Waals surface area contributed by atoms with Crippen LogP contribution in [-0.2, 0) is 26.2 Å². The molecule has 0 saturated carbocycles. The highest BCUT2D eigenvalue weighted by Crippen LogP contribution is 2.33. The molecule has 1 atom stereocenters. The first kappa shape index (κ1) is 34.4. The number of amides is 2. The first-order valence-corrected chi connectivity index (χ1v) is 16.2. The predicted molar refractivity (Wildman–Crippen MR) is 174 cm³/mol.